The van der Waals surface area contributed by atoms with Crippen molar-refractivity contribution in [3.8, 4) is 0 Å². The molecule has 4 rings (SSSR count). The number of carbonyl (C=O) groups is 1. The lowest BCUT2D eigenvalue weighted by molar-refractivity contribution is -0.138. The van der Waals surface area contributed by atoms with Gasteiger partial charge in [-0.2, -0.15) is 0 Å². The number of aryl methyl sites for hydroxylation is 1. The van der Waals surface area contributed by atoms with E-state index in [0.29, 0.717) is 13.0 Å². The number of amides is 1. The molecular weight excluding hydrogens is 338 g/mol. The van der Waals surface area contributed by atoms with Crippen molar-refractivity contribution in [3.63, 3.8) is 0 Å². The average Bonchev–Trinajstić information content (AvgIpc) is 2.68. The molecular formula is C21H27N5O. The summed E-state index contributed by atoms with van der Waals surface area (Å²) in [5.74, 6) is 1.32. The first-order valence-corrected chi connectivity index (χ1v) is 9.76. The van der Waals surface area contributed by atoms with Gasteiger partial charge in [0.2, 0.25) is 5.91 Å². The number of carbonyl (C=O) groups excluding carboxylic acids is 1. The lowest BCUT2D eigenvalue weighted by Crippen LogP contribution is -2.54. The molecule has 0 aromatic carbocycles. The van der Waals surface area contributed by atoms with Crippen molar-refractivity contribution in [2.75, 3.05) is 24.5 Å². The van der Waals surface area contributed by atoms with E-state index in [1.54, 1.807) is 18.7 Å². The predicted octanol–water partition coefficient (Wildman–Crippen LogP) is 2.90. The van der Waals surface area contributed by atoms with Crippen LogP contribution in [0.25, 0.3) is 0 Å². The summed E-state index contributed by atoms with van der Waals surface area (Å²) in [5.41, 5.74) is 3.50. The number of anilines is 1. The van der Waals surface area contributed by atoms with Gasteiger partial charge in [0.25, 0.3) is 0 Å². The van der Waals surface area contributed by atoms with Gasteiger partial charge in [0, 0.05) is 61.7 Å². The van der Waals surface area contributed by atoms with Crippen molar-refractivity contribution in [3.05, 3.63) is 47.7 Å². The van der Waals surface area contributed by atoms with Crippen LogP contribution in [0.4, 0.5) is 5.82 Å². The number of likely N-dealkylation sites (tertiary alicyclic amines) is 1. The van der Waals surface area contributed by atoms with Gasteiger partial charge < -0.3 is 9.80 Å². The van der Waals surface area contributed by atoms with Crippen LogP contribution in [0.2, 0.25) is 0 Å². The van der Waals surface area contributed by atoms with Gasteiger partial charge in [-0.15, -0.1) is 0 Å². The fourth-order valence-electron chi connectivity index (χ4n) is 4.52. The van der Waals surface area contributed by atoms with Gasteiger partial charge in [0.05, 0.1) is 0 Å². The van der Waals surface area contributed by atoms with E-state index in [-0.39, 0.29) is 11.3 Å². The maximum absolute atomic E-state index is 12.6. The van der Waals surface area contributed by atoms with Crippen molar-refractivity contribution < 1.29 is 4.79 Å². The number of rotatable bonds is 3. The maximum Gasteiger partial charge on any atom is 0.222 e. The molecule has 2 aromatic rings. The minimum absolute atomic E-state index is 0.157. The molecule has 1 amide bonds. The summed E-state index contributed by atoms with van der Waals surface area (Å²) in [4.78, 5) is 30.0. The smallest absolute Gasteiger partial charge is 0.222 e. The summed E-state index contributed by atoms with van der Waals surface area (Å²) in [6.45, 7) is 7.63. The number of hydrogen-bond donors (Lipinski definition) is 0. The zero-order valence-electron chi connectivity index (χ0n) is 16.2. The first-order chi connectivity index (χ1) is 13.1. The van der Waals surface area contributed by atoms with Crippen LogP contribution in [-0.2, 0) is 11.3 Å². The summed E-state index contributed by atoms with van der Waals surface area (Å²) in [7, 11) is 0. The zero-order chi connectivity index (χ0) is 18.9. The summed E-state index contributed by atoms with van der Waals surface area (Å²) < 4.78 is 0. The Hall–Kier alpha value is -2.50. The molecule has 1 atom stereocenters. The number of hydrogen-bond acceptors (Lipinski definition) is 5. The molecule has 0 unspecified atom stereocenters. The Morgan fingerprint density at radius 3 is 2.74 bits per heavy atom. The normalized spacial score (nSPS) is 23.1. The number of aromatic nitrogens is 3. The third kappa shape index (κ3) is 3.66. The molecule has 2 aliphatic heterocycles. The molecule has 4 heterocycles. The second-order valence-electron chi connectivity index (χ2n) is 8.04. The molecule has 0 N–H and O–H groups in total. The average molecular weight is 365 g/mol. The van der Waals surface area contributed by atoms with Crippen molar-refractivity contribution in [2.45, 2.75) is 46.1 Å². The Bertz CT molecular complexity index is 825. The first-order valence-electron chi connectivity index (χ1n) is 9.76. The lowest BCUT2D eigenvalue weighted by atomic mass is 9.73. The minimum Gasteiger partial charge on any atom is -0.356 e. The Morgan fingerprint density at radius 1 is 1.11 bits per heavy atom. The standard InChI is InChI=1S/C21H27N5O/c1-16-17(2)23-15-24-20(16)25-11-3-7-21(13-25)8-4-19(27)26(14-21)12-18-5-9-22-10-6-18/h5-6,9-10,15H,3-4,7-8,11-14H2,1-2H3/t21-/m1/s1. The van der Waals surface area contributed by atoms with Gasteiger partial charge in [0.15, 0.2) is 0 Å². The quantitative estimate of drug-likeness (QED) is 0.837. The van der Waals surface area contributed by atoms with E-state index in [1.165, 1.54) is 6.42 Å². The van der Waals surface area contributed by atoms with Crippen LogP contribution in [0, 0.1) is 19.3 Å². The van der Waals surface area contributed by atoms with E-state index < -0.39 is 0 Å². The molecule has 6 heteroatoms. The van der Waals surface area contributed by atoms with Gasteiger partial charge in [0.1, 0.15) is 12.1 Å². The van der Waals surface area contributed by atoms with Gasteiger partial charge in [-0.05, 0) is 50.8 Å². The van der Waals surface area contributed by atoms with Crippen LogP contribution < -0.4 is 4.90 Å². The Balaban J connectivity index is 1.53. The second kappa shape index (κ2) is 7.25. The van der Waals surface area contributed by atoms with E-state index in [0.717, 1.165) is 55.1 Å². The second-order valence-corrected chi connectivity index (χ2v) is 8.04. The molecule has 0 aliphatic carbocycles. The predicted molar refractivity (Wildman–Crippen MR) is 104 cm³/mol. The summed E-state index contributed by atoms with van der Waals surface area (Å²) >= 11 is 0. The van der Waals surface area contributed by atoms with Gasteiger partial charge in [-0.1, -0.05) is 0 Å². The summed E-state index contributed by atoms with van der Waals surface area (Å²) in [6.07, 6.45) is 9.18. The SMILES string of the molecule is Cc1ncnc(N2CCC[C@@]3(CCC(=O)N(Cc4ccncc4)C3)C2)c1C. The highest BCUT2D eigenvalue weighted by Gasteiger charge is 2.42. The van der Waals surface area contributed by atoms with E-state index in [2.05, 4.69) is 26.8 Å². The highest BCUT2D eigenvalue weighted by Crippen LogP contribution is 2.40. The Morgan fingerprint density at radius 2 is 1.93 bits per heavy atom. The van der Waals surface area contributed by atoms with E-state index >= 15 is 0 Å². The van der Waals surface area contributed by atoms with Crippen molar-refractivity contribution in [1.29, 1.82) is 0 Å². The minimum atomic E-state index is 0.157. The fourth-order valence-corrected chi connectivity index (χ4v) is 4.52. The highest BCUT2D eigenvalue weighted by atomic mass is 16.2. The zero-order valence-corrected chi connectivity index (χ0v) is 16.2. The molecule has 142 valence electrons. The lowest BCUT2D eigenvalue weighted by Gasteiger charge is -2.48. The van der Waals surface area contributed by atoms with E-state index in [9.17, 15) is 4.79 Å². The van der Waals surface area contributed by atoms with Crippen molar-refractivity contribution >= 4 is 11.7 Å². The molecule has 27 heavy (non-hydrogen) atoms. The third-order valence-electron chi connectivity index (χ3n) is 6.14. The van der Waals surface area contributed by atoms with Crippen molar-refractivity contribution in [1.82, 2.24) is 19.9 Å². The van der Waals surface area contributed by atoms with Crippen LogP contribution in [0.3, 0.4) is 0 Å². The monoisotopic (exact) mass is 365 g/mol. The summed E-state index contributed by atoms with van der Waals surface area (Å²) in [6, 6.07) is 3.99. The Labute approximate surface area is 160 Å². The topological polar surface area (TPSA) is 62.2 Å². The largest absolute Gasteiger partial charge is 0.356 e. The van der Waals surface area contributed by atoms with E-state index in [4.69, 9.17) is 0 Å². The van der Waals surface area contributed by atoms with Gasteiger partial charge in [-0.25, -0.2) is 9.97 Å². The molecule has 6 nitrogen and oxygen atoms in total. The number of pyridine rings is 1. The van der Waals surface area contributed by atoms with Gasteiger partial charge in [-0.3, -0.25) is 9.78 Å². The van der Waals surface area contributed by atoms with Crippen LogP contribution >= 0.6 is 0 Å². The van der Waals surface area contributed by atoms with Crippen LogP contribution in [-0.4, -0.2) is 45.4 Å². The maximum atomic E-state index is 12.6. The molecule has 2 fully saturated rings. The number of piperidine rings is 2. The van der Waals surface area contributed by atoms with Crippen LogP contribution in [0.1, 0.15) is 42.5 Å². The third-order valence-corrected chi connectivity index (χ3v) is 6.14. The van der Waals surface area contributed by atoms with Gasteiger partial charge >= 0.3 is 0 Å². The number of nitrogens with zero attached hydrogens (tertiary/aromatic N) is 5. The molecule has 0 radical (unpaired) electrons. The summed E-state index contributed by atoms with van der Waals surface area (Å²) in [5, 5.41) is 0. The molecule has 0 bridgehead atoms. The van der Waals surface area contributed by atoms with E-state index in [1.807, 2.05) is 24.0 Å². The van der Waals surface area contributed by atoms with Crippen LogP contribution in [0.15, 0.2) is 30.9 Å². The first kappa shape index (κ1) is 17.9. The molecule has 2 aromatic heterocycles. The molecule has 2 saturated heterocycles. The highest BCUT2D eigenvalue weighted by molar-refractivity contribution is 5.77. The fraction of sp³-hybridized carbons (Fsp3) is 0.524. The Kier molecular flexibility index (Phi) is 4.81. The molecule has 1 spiro atoms. The van der Waals surface area contributed by atoms with Crippen LogP contribution in [0.5, 0.6) is 0 Å². The molecule has 0 saturated carbocycles. The van der Waals surface area contributed by atoms with Crippen molar-refractivity contribution in [2.24, 2.45) is 5.41 Å². The molecule has 2 aliphatic rings.